The molecule has 0 aliphatic heterocycles. The van der Waals surface area contributed by atoms with Gasteiger partial charge in [0.05, 0.1) is 0 Å². The molecule has 0 bridgehead atoms. The fourth-order valence-electron chi connectivity index (χ4n) is 1.31. The van der Waals surface area contributed by atoms with Crippen molar-refractivity contribution < 1.29 is 0 Å². The van der Waals surface area contributed by atoms with Crippen LogP contribution in [0.25, 0.3) is 17.0 Å². The quantitative estimate of drug-likeness (QED) is 0.595. The third kappa shape index (κ3) is 0.949. The number of fused-ring (bicyclic) bond motifs is 1. The van der Waals surface area contributed by atoms with E-state index in [1.165, 1.54) is 0 Å². The SMILES string of the molecule is N=C=Cc1cccc2[nH]ccc12. The van der Waals surface area contributed by atoms with Crippen LogP contribution >= 0.6 is 0 Å². The van der Waals surface area contributed by atoms with Crippen molar-refractivity contribution in [2.45, 2.75) is 0 Å². The first-order valence-electron chi connectivity index (χ1n) is 3.73. The van der Waals surface area contributed by atoms with E-state index < -0.39 is 0 Å². The monoisotopic (exact) mass is 156 g/mol. The predicted octanol–water partition coefficient (Wildman–Crippen LogP) is 2.43. The lowest BCUT2D eigenvalue weighted by Crippen LogP contribution is -1.73. The van der Waals surface area contributed by atoms with E-state index in [1.807, 2.05) is 30.5 Å². The van der Waals surface area contributed by atoms with Gasteiger partial charge in [-0.3, -0.25) is 5.41 Å². The van der Waals surface area contributed by atoms with Gasteiger partial charge in [-0.1, -0.05) is 12.1 Å². The smallest absolute Gasteiger partial charge is 0.0460 e. The first-order valence-corrected chi connectivity index (χ1v) is 3.73. The minimum absolute atomic E-state index is 1.03. The lowest BCUT2D eigenvalue weighted by Gasteiger charge is -1.93. The molecule has 2 aromatic rings. The zero-order valence-corrected chi connectivity index (χ0v) is 6.46. The standard InChI is InChI=1S/C10H8N2/c11-6-4-8-2-1-3-10-9(8)5-7-12-10/h1-5,7,11-12H. The molecule has 0 atom stereocenters. The molecule has 0 aliphatic carbocycles. The third-order valence-corrected chi connectivity index (χ3v) is 1.86. The molecule has 58 valence electrons. The first kappa shape index (κ1) is 6.89. The molecule has 1 aromatic carbocycles. The van der Waals surface area contributed by atoms with Gasteiger partial charge in [0.25, 0.3) is 0 Å². The van der Waals surface area contributed by atoms with Gasteiger partial charge < -0.3 is 4.98 Å². The number of rotatable bonds is 1. The second kappa shape index (κ2) is 2.68. The van der Waals surface area contributed by atoms with Crippen LogP contribution in [0, 0.1) is 5.41 Å². The minimum atomic E-state index is 1.03. The van der Waals surface area contributed by atoms with Crippen LogP contribution in [0.2, 0.25) is 0 Å². The van der Waals surface area contributed by atoms with E-state index in [0.29, 0.717) is 0 Å². The summed E-state index contributed by atoms with van der Waals surface area (Å²) in [4.78, 5) is 3.11. The lowest BCUT2D eigenvalue weighted by atomic mass is 10.1. The molecule has 0 unspecified atom stereocenters. The minimum Gasteiger partial charge on any atom is -0.361 e. The largest absolute Gasteiger partial charge is 0.361 e. The summed E-state index contributed by atoms with van der Waals surface area (Å²) in [5.41, 5.74) is 2.13. The van der Waals surface area contributed by atoms with Gasteiger partial charge >= 0.3 is 0 Å². The van der Waals surface area contributed by atoms with Gasteiger partial charge in [-0.15, -0.1) is 0 Å². The Morgan fingerprint density at radius 2 is 2.25 bits per heavy atom. The maximum Gasteiger partial charge on any atom is 0.0460 e. The average Bonchev–Trinajstić information content (AvgIpc) is 2.53. The molecule has 0 saturated heterocycles. The molecule has 0 spiro atoms. The van der Waals surface area contributed by atoms with E-state index in [-0.39, 0.29) is 0 Å². The van der Waals surface area contributed by atoms with Gasteiger partial charge in [-0.2, -0.15) is 0 Å². The highest BCUT2D eigenvalue weighted by molar-refractivity contribution is 5.93. The molecule has 2 heteroatoms. The van der Waals surface area contributed by atoms with Crippen molar-refractivity contribution in [1.82, 2.24) is 4.98 Å². The summed E-state index contributed by atoms with van der Waals surface area (Å²) in [6.45, 7) is 0. The molecular formula is C10H8N2. The van der Waals surface area contributed by atoms with Gasteiger partial charge in [0.2, 0.25) is 0 Å². The summed E-state index contributed by atoms with van der Waals surface area (Å²) in [6, 6.07) is 7.94. The van der Waals surface area contributed by atoms with Crippen molar-refractivity contribution in [2.75, 3.05) is 0 Å². The molecule has 2 N–H and O–H groups in total. The van der Waals surface area contributed by atoms with E-state index in [2.05, 4.69) is 10.9 Å². The Morgan fingerprint density at radius 3 is 3.08 bits per heavy atom. The summed E-state index contributed by atoms with van der Waals surface area (Å²) >= 11 is 0. The summed E-state index contributed by atoms with van der Waals surface area (Å²) in [6.07, 6.45) is 3.56. The van der Waals surface area contributed by atoms with Crippen LogP contribution in [0.1, 0.15) is 5.56 Å². The topological polar surface area (TPSA) is 39.6 Å². The number of aromatic amines is 1. The third-order valence-electron chi connectivity index (χ3n) is 1.86. The van der Waals surface area contributed by atoms with Gasteiger partial charge in [0.1, 0.15) is 0 Å². The number of nitrogens with one attached hydrogen (secondary N) is 2. The molecule has 0 fully saturated rings. The highest BCUT2D eigenvalue weighted by Gasteiger charge is 1.96. The Balaban J connectivity index is 2.81. The van der Waals surface area contributed by atoms with Crippen LogP contribution in [0.3, 0.4) is 0 Å². The van der Waals surface area contributed by atoms with Crippen LogP contribution in [-0.4, -0.2) is 10.9 Å². The molecule has 1 heterocycles. The van der Waals surface area contributed by atoms with Crippen molar-refractivity contribution in [3.8, 4) is 0 Å². The van der Waals surface area contributed by atoms with Crippen LogP contribution in [0.15, 0.2) is 30.5 Å². The van der Waals surface area contributed by atoms with Crippen LogP contribution in [0.4, 0.5) is 0 Å². The Morgan fingerprint density at radius 1 is 1.33 bits per heavy atom. The lowest BCUT2D eigenvalue weighted by molar-refractivity contribution is 1.48. The Labute approximate surface area is 70.0 Å². The van der Waals surface area contributed by atoms with Gasteiger partial charge in [-0.25, -0.2) is 0 Å². The fourth-order valence-corrected chi connectivity index (χ4v) is 1.31. The molecule has 1 aromatic heterocycles. The van der Waals surface area contributed by atoms with Crippen LogP contribution in [-0.2, 0) is 0 Å². The molecule has 0 saturated carbocycles. The van der Waals surface area contributed by atoms with Gasteiger partial charge in [-0.05, 0) is 23.6 Å². The predicted molar refractivity (Wildman–Crippen MR) is 50.5 cm³/mol. The van der Waals surface area contributed by atoms with Crippen molar-refractivity contribution in [3.63, 3.8) is 0 Å². The molecule has 0 radical (unpaired) electrons. The first-order chi connectivity index (χ1) is 5.92. The Kier molecular flexibility index (Phi) is 1.54. The number of hydrogen-bond donors (Lipinski definition) is 2. The maximum absolute atomic E-state index is 6.85. The average molecular weight is 156 g/mol. The fraction of sp³-hybridized carbons (Fsp3) is 0. The molecule has 2 rings (SSSR count). The van der Waals surface area contributed by atoms with Crippen molar-refractivity contribution in [3.05, 3.63) is 36.0 Å². The van der Waals surface area contributed by atoms with Gasteiger partial charge in [0.15, 0.2) is 0 Å². The summed E-state index contributed by atoms with van der Waals surface area (Å²) in [7, 11) is 0. The molecule has 0 amide bonds. The zero-order valence-electron chi connectivity index (χ0n) is 6.46. The Hall–Kier alpha value is -1.79. The normalized spacial score (nSPS) is 9.67. The summed E-state index contributed by atoms with van der Waals surface area (Å²) in [5, 5.41) is 7.99. The van der Waals surface area contributed by atoms with E-state index >= 15 is 0 Å². The highest BCUT2D eigenvalue weighted by Crippen LogP contribution is 2.17. The zero-order chi connectivity index (χ0) is 8.39. The van der Waals surface area contributed by atoms with E-state index in [1.54, 1.807) is 6.08 Å². The van der Waals surface area contributed by atoms with Crippen molar-refractivity contribution in [2.24, 2.45) is 0 Å². The Bertz CT molecular complexity index is 448. The number of H-pyrrole nitrogens is 1. The van der Waals surface area contributed by atoms with E-state index in [4.69, 9.17) is 5.41 Å². The van der Waals surface area contributed by atoms with Crippen molar-refractivity contribution in [1.29, 1.82) is 5.41 Å². The molecule has 0 aliphatic rings. The number of hydrogen-bond acceptors (Lipinski definition) is 1. The van der Waals surface area contributed by atoms with Crippen LogP contribution < -0.4 is 0 Å². The highest BCUT2D eigenvalue weighted by atomic mass is 14.7. The number of aromatic nitrogens is 1. The second-order valence-electron chi connectivity index (χ2n) is 2.57. The summed E-state index contributed by atoms with van der Waals surface area (Å²) in [5.74, 6) is 2.28. The molecule has 2 nitrogen and oxygen atoms in total. The van der Waals surface area contributed by atoms with E-state index in [0.717, 1.165) is 16.5 Å². The molecule has 12 heavy (non-hydrogen) atoms. The summed E-state index contributed by atoms with van der Waals surface area (Å²) < 4.78 is 0. The van der Waals surface area contributed by atoms with E-state index in [9.17, 15) is 0 Å². The van der Waals surface area contributed by atoms with Crippen molar-refractivity contribution >= 4 is 22.8 Å². The van der Waals surface area contributed by atoms with Gasteiger partial charge in [0, 0.05) is 23.2 Å². The van der Waals surface area contributed by atoms with Crippen LogP contribution in [0.5, 0.6) is 0 Å². The maximum atomic E-state index is 6.85. The number of benzene rings is 1. The molecular weight excluding hydrogens is 148 g/mol. The second-order valence-corrected chi connectivity index (χ2v) is 2.57.